The molecule has 0 N–H and O–H groups in total. The van der Waals surface area contributed by atoms with Crippen LogP contribution in [0, 0.1) is 5.82 Å². The van der Waals surface area contributed by atoms with E-state index < -0.39 is 67.5 Å². The van der Waals surface area contributed by atoms with Crippen LogP contribution in [0.15, 0.2) is 15.3 Å². The van der Waals surface area contributed by atoms with Gasteiger partial charge < -0.3 is 14.0 Å². The lowest BCUT2D eigenvalue weighted by Gasteiger charge is -2.13. The van der Waals surface area contributed by atoms with Gasteiger partial charge in [0.1, 0.15) is 15.6 Å². The van der Waals surface area contributed by atoms with Crippen LogP contribution in [0.1, 0.15) is 30.1 Å². The van der Waals surface area contributed by atoms with Gasteiger partial charge in [-0.1, -0.05) is 23.2 Å². The van der Waals surface area contributed by atoms with E-state index in [1.54, 1.807) is 0 Å². The minimum atomic E-state index is -1.42. The monoisotopic (exact) mass is 431 g/mol. The van der Waals surface area contributed by atoms with Crippen molar-refractivity contribution in [3.05, 3.63) is 37.9 Å². The zero-order valence-corrected chi connectivity index (χ0v) is 15.4. The molecule has 0 spiro atoms. The molecule has 0 saturated carbocycles. The van der Waals surface area contributed by atoms with Crippen LogP contribution in [-0.4, -0.2) is 28.8 Å². The number of amides is 2. The van der Waals surface area contributed by atoms with Crippen molar-refractivity contribution in [3.63, 3.8) is 0 Å². The summed E-state index contributed by atoms with van der Waals surface area (Å²) in [6.45, 7) is 1.02. The highest BCUT2D eigenvalue weighted by atomic mass is 35.5. The smallest absolute Gasteiger partial charge is 0.371 e. The summed E-state index contributed by atoms with van der Waals surface area (Å²) in [4.78, 5) is 63.0. The summed E-state index contributed by atoms with van der Waals surface area (Å²) in [6, 6.07) is 0.735. The summed E-state index contributed by atoms with van der Waals surface area (Å²) in [6.07, 6.45) is -0.311. The maximum atomic E-state index is 14.6. The highest BCUT2D eigenvalue weighted by Crippen LogP contribution is 2.41. The minimum absolute atomic E-state index is 0.156. The first-order valence-electron chi connectivity index (χ1n) is 7.52. The van der Waals surface area contributed by atoms with Gasteiger partial charge in [0.15, 0.2) is 17.1 Å². The molecule has 1 aliphatic rings. The number of hydrogen-bond donors (Lipinski definition) is 0. The molecule has 0 radical (unpaired) electrons. The average Bonchev–Trinajstić information content (AvgIpc) is 2.94. The molecule has 0 unspecified atom stereocenters. The summed E-state index contributed by atoms with van der Waals surface area (Å²) in [7, 11) is 0. The van der Waals surface area contributed by atoms with E-state index in [2.05, 4.69) is 4.84 Å². The van der Waals surface area contributed by atoms with Gasteiger partial charge in [-0.05, 0) is 6.07 Å². The van der Waals surface area contributed by atoms with Gasteiger partial charge in [-0.25, -0.2) is 14.0 Å². The fourth-order valence-electron chi connectivity index (χ4n) is 2.38. The second-order valence-corrected chi connectivity index (χ2v) is 6.27. The molecule has 2 heterocycles. The molecule has 3 rings (SSSR count). The van der Waals surface area contributed by atoms with E-state index >= 15 is 0 Å². The van der Waals surface area contributed by atoms with E-state index in [0.29, 0.717) is 0 Å². The van der Waals surface area contributed by atoms with Crippen LogP contribution >= 0.6 is 23.2 Å². The number of ether oxygens (including phenoxy) is 1. The molecule has 1 fully saturated rings. The van der Waals surface area contributed by atoms with Crippen molar-refractivity contribution in [2.45, 2.75) is 19.8 Å². The van der Waals surface area contributed by atoms with Gasteiger partial charge in [0.25, 0.3) is 11.8 Å². The van der Waals surface area contributed by atoms with Crippen molar-refractivity contribution in [2.24, 2.45) is 0 Å². The number of rotatable bonds is 3. The topological polar surface area (TPSA) is 120 Å². The Morgan fingerprint density at radius 3 is 2.32 bits per heavy atom. The van der Waals surface area contributed by atoms with Crippen LogP contribution < -0.4 is 10.4 Å². The van der Waals surface area contributed by atoms with E-state index in [1.807, 2.05) is 0 Å². The van der Waals surface area contributed by atoms with Crippen LogP contribution in [0.3, 0.4) is 0 Å². The number of carbonyl (C=O) groups excluding carboxylic acids is 4. The predicted molar refractivity (Wildman–Crippen MR) is 90.3 cm³/mol. The molecule has 2 amide bonds. The van der Waals surface area contributed by atoms with E-state index in [-0.39, 0.29) is 17.9 Å². The third-order valence-corrected chi connectivity index (χ3v) is 4.30. The Balaban J connectivity index is 2.10. The maximum absolute atomic E-state index is 14.6. The highest BCUT2D eigenvalue weighted by Gasteiger charge is 2.34. The van der Waals surface area contributed by atoms with Crippen molar-refractivity contribution in [3.8, 4) is 5.75 Å². The first-order valence-corrected chi connectivity index (χ1v) is 8.28. The maximum Gasteiger partial charge on any atom is 0.371 e. The van der Waals surface area contributed by atoms with Gasteiger partial charge in [-0.15, -0.1) is 5.06 Å². The number of carbonyl (C=O) groups is 4. The van der Waals surface area contributed by atoms with Gasteiger partial charge in [0, 0.05) is 19.8 Å². The van der Waals surface area contributed by atoms with Crippen LogP contribution in [0.4, 0.5) is 4.39 Å². The van der Waals surface area contributed by atoms with E-state index in [1.165, 1.54) is 0 Å². The summed E-state index contributed by atoms with van der Waals surface area (Å²) in [5, 5.41) is -1.44. The Hall–Kier alpha value is -2.98. The molecule has 1 aliphatic heterocycles. The first kappa shape index (κ1) is 19.8. The van der Waals surface area contributed by atoms with Gasteiger partial charge in [-0.2, -0.15) is 0 Å². The van der Waals surface area contributed by atoms with Crippen LogP contribution in [0.25, 0.3) is 11.0 Å². The molecule has 146 valence electrons. The molecule has 12 heteroatoms. The van der Waals surface area contributed by atoms with Crippen LogP contribution in [0.2, 0.25) is 10.0 Å². The van der Waals surface area contributed by atoms with Gasteiger partial charge >= 0.3 is 17.6 Å². The Bertz CT molecular complexity index is 1110. The normalized spacial score (nSPS) is 13.9. The molecule has 1 aromatic carbocycles. The number of hydroxylamine groups is 2. The largest absolute Gasteiger partial charge is 0.423 e. The molecule has 1 saturated heterocycles. The van der Waals surface area contributed by atoms with Crippen molar-refractivity contribution >= 4 is 57.9 Å². The lowest BCUT2D eigenvalue weighted by atomic mass is 10.1. The average molecular weight is 432 g/mol. The standard InChI is InChI=1S/C16H8Cl2FNO8/c1-5(21)26-14-10(17)12(19)6-4-7(15(24)27-13(6)11(14)18)16(25)28-20-8(22)2-3-9(20)23/h4H,2-3H2,1H3. The number of fused-ring (bicyclic) bond motifs is 1. The Morgan fingerprint density at radius 2 is 1.75 bits per heavy atom. The zero-order chi connectivity index (χ0) is 20.7. The first-order chi connectivity index (χ1) is 13.1. The lowest BCUT2D eigenvalue weighted by Crippen LogP contribution is -2.33. The molecular formula is C16H8Cl2FNO8. The number of esters is 1. The van der Waals surface area contributed by atoms with Crippen molar-refractivity contribution in [2.75, 3.05) is 0 Å². The molecule has 0 bridgehead atoms. The predicted octanol–water partition coefficient (Wildman–Crippen LogP) is 2.39. The quantitative estimate of drug-likeness (QED) is 0.238. The molecule has 9 nitrogen and oxygen atoms in total. The molecule has 0 aliphatic carbocycles. The number of benzene rings is 1. The summed E-state index contributed by atoms with van der Waals surface area (Å²) in [5.41, 5.74) is -2.64. The van der Waals surface area contributed by atoms with Crippen LogP contribution in [0.5, 0.6) is 5.75 Å². The SMILES string of the molecule is CC(=O)Oc1c(Cl)c(F)c2cc(C(=O)ON3C(=O)CCC3=O)c(=O)oc2c1Cl. The van der Waals surface area contributed by atoms with Crippen molar-refractivity contribution in [1.82, 2.24) is 5.06 Å². The zero-order valence-electron chi connectivity index (χ0n) is 13.8. The Kier molecular flexibility index (Phi) is 5.09. The number of imide groups is 1. The van der Waals surface area contributed by atoms with E-state index in [0.717, 1.165) is 13.0 Å². The summed E-state index contributed by atoms with van der Waals surface area (Å²) >= 11 is 11.8. The van der Waals surface area contributed by atoms with Gasteiger partial charge in [0.2, 0.25) is 0 Å². The summed E-state index contributed by atoms with van der Waals surface area (Å²) in [5.74, 6) is -5.57. The van der Waals surface area contributed by atoms with Gasteiger partial charge in [0.05, 0.1) is 5.39 Å². The molecule has 2 aromatic rings. The second kappa shape index (κ2) is 7.21. The molecular weight excluding hydrogens is 424 g/mol. The minimum Gasteiger partial charge on any atom is -0.423 e. The highest BCUT2D eigenvalue weighted by molar-refractivity contribution is 6.41. The van der Waals surface area contributed by atoms with Gasteiger partial charge in [-0.3, -0.25) is 14.4 Å². The molecule has 0 atom stereocenters. The van der Waals surface area contributed by atoms with Crippen LogP contribution in [-0.2, 0) is 19.2 Å². The molecule has 28 heavy (non-hydrogen) atoms. The Labute approximate surface area is 164 Å². The third kappa shape index (κ3) is 3.32. The third-order valence-electron chi connectivity index (χ3n) is 3.62. The van der Waals surface area contributed by atoms with Crippen molar-refractivity contribution < 1.29 is 37.6 Å². The fraction of sp³-hybridized carbons (Fsp3) is 0.188. The fourth-order valence-corrected chi connectivity index (χ4v) is 2.94. The number of halogens is 3. The summed E-state index contributed by atoms with van der Waals surface area (Å²) < 4.78 is 24.1. The van der Waals surface area contributed by atoms with Crippen molar-refractivity contribution in [1.29, 1.82) is 0 Å². The van der Waals surface area contributed by atoms with E-state index in [9.17, 15) is 28.4 Å². The lowest BCUT2D eigenvalue weighted by molar-refractivity contribution is -0.172. The van der Waals surface area contributed by atoms with E-state index in [4.69, 9.17) is 32.4 Å². The Morgan fingerprint density at radius 1 is 1.14 bits per heavy atom. The number of nitrogens with zero attached hydrogens (tertiary/aromatic N) is 1. The second-order valence-electron chi connectivity index (χ2n) is 5.52. The number of hydrogen-bond acceptors (Lipinski definition) is 8. The molecule has 1 aromatic heterocycles.